The van der Waals surface area contributed by atoms with Crippen molar-refractivity contribution >= 4 is 11.9 Å². The van der Waals surface area contributed by atoms with E-state index in [2.05, 4.69) is 5.32 Å². The number of aryl methyl sites for hydroxylation is 1. The van der Waals surface area contributed by atoms with Gasteiger partial charge in [0, 0.05) is 13.0 Å². The summed E-state index contributed by atoms with van der Waals surface area (Å²) in [7, 11) is 0. The molecule has 0 radical (unpaired) electrons. The molecule has 0 saturated heterocycles. The molecule has 0 aliphatic rings. The van der Waals surface area contributed by atoms with E-state index in [0.717, 1.165) is 11.1 Å². The molecule has 0 unspecified atom stereocenters. The first-order valence-corrected chi connectivity index (χ1v) is 5.72. The molecule has 0 spiro atoms. The van der Waals surface area contributed by atoms with Crippen molar-refractivity contribution in [1.82, 2.24) is 5.32 Å². The van der Waals surface area contributed by atoms with Crippen molar-refractivity contribution in [1.29, 1.82) is 0 Å². The van der Waals surface area contributed by atoms with Crippen LogP contribution in [0.4, 0.5) is 0 Å². The summed E-state index contributed by atoms with van der Waals surface area (Å²) >= 11 is 0. The Kier molecular flexibility index (Phi) is 5.32. The van der Waals surface area contributed by atoms with Crippen molar-refractivity contribution in [3.63, 3.8) is 0 Å². The highest BCUT2D eigenvalue weighted by molar-refractivity contribution is 5.75. The smallest absolute Gasteiger partial charge is 0.320 e. The summed E-state index contributed by atoms with van der Waals surface area (Å²) in [6.45, 7) is 2.38. The third-order valence-electron chi connectivity index (χ3n) is 2.58. The Hall–Kier alpha value is -1.88. The second-order valence-electron chi connectivity index (χ2n) is 4.19. The van der Waals surface area contributed by atoms with Crippen LogP contribution in [0.15, 0.2) is 24.3 Å². The molecule has 0 aliphatic heterocycles. The molecule has 0 aromatic heterocycles. The molecule has 1 rings (SSSR count). The highest BCUT2D eigenvalue weighted by Crippen LogP contribution is 2.05. The van der Waals surface area contributed by atoms with Gasteiger partial charge in [0.05, 0.1) is 0 Å². The Morgan fingerprint density at radius 1 is 1.33 bits per heavy atom. The van der Waals surface area contributed by atoms with Crippen LogP contribution in [-0.2, 0) is 16.1 Å². The molecule has 1 aromatic rings. The largest absolute Gasteiger partial charge is 0.481 e. The number of nitrogens with one attached hydrogen (secondary N) is 1. The van der Waals surface area contributed by atoms with E-state index in [1.54, 1.807) is 0 Å². The van der Waals surface area contributed by atoms with Gasteiger partial charge in [0.15, 0.2) is 0 Å². The average Bonchev–Trinajstić information content (AvgIpc) is 2.28. The normalized spacial score (nSPS) is 12.1. The number of hydrogen-bond acceptors (Lipinski definition) is 3. The van der Waals surface area contributed by atoms with E-state index >= 15 is 0 Å². The van der Waals surface area contributed by atoms with Gasteiger partial charge in [0.25, 0.3) is 0 Å². The number of rotatable bonds is 7. The van der Waals surface area contributed by atoms with Crippen LogP contribution in [0.25, 0.3) is 0 Å². The Bertz CT molecular complexity index is 431. The zero-order valence-corrected chi connectivity index (χ0v) is 10.2. The minimum absolute atomic E-state index is 0.0798. The van der Waals surface area contributed by atoms with Crippen molar-refractivity contribution in [2.75, 3.05) is 0 Å². The van der Waals surface area contributed by atoms with E-state index < -0.39 is 18.0 Å². The number of carboxylic acids is 2. The quantitative estimate of drug-likeness (QED) is 0.682. The van der Waals surface area contributed by atoms with Crippen LogP contribution in [-0.4, -0.2) is 28.2 Å². The maximum atomic E-state index is 10.9. The lowest BCUT2D eigenvalue weighted by molar-refractivity contribution is -0.140. The van der Waals surface area contributed by atoms with Crippen molar-refractivity contribution < 1.29 is 19.8 Å². The fourth-order valence-electron chi connectivity index (χ4n) is 1.64. The number of carboxylic acid groups (broad SMARTS) is 2. The molecule has 0 aliphatic carbocycles. The lowest BCUT2D eigenvalue weighted by Crippen LogP contribution is -2.36. The highest BCUT2D eigenvalue weighted by atomic mass is 16.4. The number of benzene rings is 1. The van der Waals surface area contributed by atoms with Crippen LogP contribution in [0.1, 0.15) is 24.0 Å². The molecule has 5 heteroatoms. The predicted molar refractivity (Wildman–Crippen MR) is 66.3 cm³/mol. The summed E-state index contributed by atoms with van der Waals surface area (Å²) in [5, 5.41) is 20.4. The van der Waals surface area contributed by atoms with Gasteiger partial charge in [-0.05, 0) is 18.9 Å². The Labute approximate surface area is 105 Å². The number of hydrogen-bond donors (Lipinski definition) is 3. The summed E-state index contributed by atoms with van der Waals surface area (Å²) < 4.78 is 0. The molecule has 0 bridgehead atoms. The van der Waals surface area contributed by atoms with Crippen LogP contribution in [0.2, 0.25) is 0 Å². The monoisotopic (exact) mass is 251 g/mol. The first kappa shape index (κ1) is 14.2. The van der Waals surface area contributed by atoms with E-state index in [1.165, 1.54) is 0 Å². The molecule has 3 N–H and O–H groups in total. The molecular weight excluding hydrogens is 234 g/mol. The highest BCUT2D eigenvalue weighted by Gasteiger charge is 2.17. The molecule has 5 nitrogen and oxygen atoms in total. The van der Waals surface area contributed by atoms with Gasteiger partial charge in [0.1, 0.15) is 6.04 Å². The Morgan fingerprint density at radius 2 is 2.06 bits per heavy atom. The molecular formula is C13H17NO4. The average molecular weight is 251 g/mol. The second-order valence-corrected chi connectivity index (χ2v) is 4.19. The summed E-state index contributed by atoms with van der Waals surface area (Å²) in [6.07, 6.45) is -0.0751. The minimum Gasteiger partial charge on any atom is -0.481 e. The van der Waals surface area contributed by atoms with Crippen LogP contribution in [0.5, 0.6) is 0 Å². The fourth-order valence-corrected chi connectivity index (χ4v) is 1.64. The zero-order valence-electron chi connectivity index (χ0n) is 10.2. The predicted octanol–water partition coefficient (Wildman–Crippen LogP) is 1.40. The molecule has 0 heterocycles. The van der Waals surface area contributed by atoms with Gasteiger partial charge >= 0.3 is 11.9 Å². The van der Waals surface area contributed by atoms with Crippen molar-refractivity contribution in [3.8, 4) is 0 Å². The molecule has 1 aromatic carbocycles. The van der Waals surface area contributed by atoms with E-state index in [0.29, 0.717) is 6.54 Å². The standard InChI is InChI=1S/C13H17NO4/c1-9-3-2-4-10(7-9)8-14-11(13(17)18)5-6-12(15)16/h2-4,7,11,14H,5-6,8H2,1H3,(H,15,16)(H,17,18)/t11-/m0/s1. The van der Waals surface area contributed by atoms with Gasteiger partial charge in [-0.25, -0.2) is 0 Å². The summed E-state index contributed by atoms with van der Waals surface area (Å²) in [4.78, 5) is 21.4. The van der Waals surface area contributed by atoms with E-state index in [1.807, 2.05) is 31.2 Å². The molecule has 0 saturated carbocycles. The second kappa shape index (κ2) is 6.76. The number of aliphatic carboxylic acids is 2. The van der Waals surface area contributed by atoms with Crippen LogP contribution < -0.4 is 5.32 Å². The van der Waals surface area contributed by atoms with Gasteiger partial charge < -0.3 is 15.5 Å². The van der Waals surface area contributed by atoms with Gasteiger partial charge in [0.2, 0.25) is 0 Å². The lowest BCUT2D eigenvalue weighted by atomic mass is 10.1. The maximum Gasteiger partial charge on any atom is 0.320 e. The van der Waals surface area contributed by atoms with Crippen LogP contribution in [0.3, 0.4) is 0 Å². The van der Waals surface area contributed by atoms with Crippen molar-refractivity contribution in [2.24, 2.45) is 0 Å². The van der Waals surface area contributed by atoms with Crippen molar-refractivity contribution in [2.45, 2.75) is 32.4 Å². The third-order valence-corrected chi connectivity index (χ3v) is 2.58. The van der Waals surface area contributed by atoms with E-state index in [4.69, 9.17) is 10.2 Å². The van der Waals surface area contributed by atoms with Gasteiger partial charge in [-0.1, -0.05) is 29.8 Å². The molecule has 98 valence electrons. The summed E-state index contributed by atoms with van der Waals surface area (Å²) in [6, 6.07) is 6.89. The van der Waals surface area contributed by atoms with E-state index in [-0.39, 0.29) is 12.8 Å². The third kappa shape index (κ3) is 4.97. The fraction of sp³-hybridized carbons (Fsp3) is 0.385. The molecule has 0 fully saturated rings. The number of carbonyl (C=O) groups is 2. The topological polar surface area (TPSA) is 86.6 Å². The van der Waals surface area contributed by atoms with Crippen LogP contribution in [0, 0.1) is 6.92 Å². The molecule has 1 atom stereocenters. The summed E-state index contributed by atoms with van der Waals surface area (Å²) in [5.74, 6) is -2.01. The Balaban J connectivity index is 2.51. The maximum absolute atomic E-state index is 10.9. The SMILES string of the molecule is Cc1cccc(CN[C@@H](CCC(=O)O)C(=O)O)c1. The molecule has 0 amide bonds. The lowest BCUT2D eigenvalue weighted by Gasteiger charge is -2.13. The van der Waals surface area contributed by atoms with Crippen LogP contribution >= 0.6 is 0 Å². The first-order chi connectivity index (χ1) is 8.49. The summed E-state index contributed by atoms with van der Waals surface area (Å²) in [5.41, 5.74) is 2.09. The zero-order chi connectivity index (χ0) is 13.5. The van der Waals surface area contributed by atoms with Gasteiger partial charge in [-0.15, -0.1) is 0 Å². The minimum atomic E-state index is -1.02. The molecule has 18 heavy (non-hydrogen) atoms. The first-order valence-electron chi connectivity index (χ1n) is 5.72. The van der Waals surface area contributed by atoms with Gasteiger partial charge in [-0.3, -0.25) is 9.59 Å². The van der Waals surface area contributed by atoms with E-state index in [9.17, 15) is 9.59 Å². The van der Waals surface area contributed by atoms with Crippen molar-refractivity contribution in [3.05, 3.63) is 35.4 Å². The Morgan fingerprint density at radius 3 is 2.61 bits per heavy atom. The van der Waals surface area contributed by atoms with Gasteiger partial charge in [-0.2, -0.15) is 0 Å².